The van der Waals surface area contributed by atoms with E-state index >= 15 is 0 Å². The lowest BCUT2D eigenvalue weighted by atomic mass is 9.84. The van der Waals surface area contributed by atoms with Crippen LogP contribution >= 0.6 is 0 Å². The molecule has 2 bridgehead atoms. The van der Waals surface area contributed by atoms with Gasteiger partial charge < -0.3 is 15.5 Å². The topological polar surface area (TPSA) is 61.4 Å². The summed E-state index contributed by atoms with van der Waals surface area (Å²) in [6.07, 6.45) is 5.27. The summed E-state index contributed by atoms with van der Waals surface area (Å²) >= 11 is 0. The van der Waals surface area contributed by atoms with Gasteiger partial charge in [-0.2, -0.15) is 0 Å². The molecule has 1 aromatic rings. The average Bonchev–Trinajstić information content (AvgIpc) is 3.17. The number of hydrogen-bond donors (Lipinski definition) is 2. The Morgan fingerprint density at radius 1 is 1.21 bits per heavy atom. The molecule has 2 fully saturated rings. The lowest BCUT2D eigenvalue weighted by Gasteiger charge is -2.28. The molecule has 5 nitrogen and oxygen atoms in total. The molecule has 3 rings (SSSR count). The first-order chi connectivity index (χ1) is 11.4. The molecular weight excluding hydrogens is 302 g/mol. The van der Waals surface area contributed by atoms with E-state index in [1.165, 1.54) is 30.6 Å². The third-order valence-electron chi connectivity index (χ3n) is 5.57. The maximum atomic E-state index is 12.3. The molecule has 2 aliphatic carbocycles. The summed E-state index contributed by atoms with van der Waals surface area (Å²) in [5, 5.41) is 5.93. The highest BCUT2D eigenvalue weighted by atomic mass is 16.2. The number of amides is 3. The summed E-state index contributed by atoms with van der Waals surface area (Å²) in [7, 11) is 3.43. The van der Waals surface area contributed by atoms with Crippen molar-refractivity contribution >= 4 is 17.6 Å². The van der Waals surface area contributed by atoms with Gasteiger partial charge in [0.05, 0.1) is 0 Å². The molecule has 0 unspecified atom stereocenters. The fraction of sp³-hybridized carbons (Fsp3) is 0.579. The third-order valence-corrected chi connectivity index (χ3v) is 5.57. The Bertz CT molecular complexity index is 629. The van der Waals surface area contributed by atoms with Crippen LogP contribution in [0.2, 0.25) is 0 Å². The van der Waals surface area contributed by atoms with Crippen molar-refractivity contribution in [3.05, 3.63) is 29.8 Å². The van der Waals surface area contributed by atoms with Crippen LogP contribution in [0.25, 0.3) is 0 Å². The molecule has 5 heteroatoms. The summed E-state index contributed by atoms with van der Waals surface area (Å²) in [5.74, 6) is 2.19. The van der Waals surface area contributed by atoms with Gasteiger partial charge in [0.15, 0.2) is 0 Å². The second-order valence-corrected chi connectivity index (χ2v) is 7.51. The van der Waals surface area contributed by atoms with Crippen LogP contribution in [0, 0.1) is 17.8 Å². The maximum absolute atomic E-state index is 12.3. The van der Waals surface area contributed by atoms with Crippen molar-refractivity contribution in [3.63, 3.8) is 0 Å². The van der Waals surface area contributed by atoms with Gasteiger partial charge in [-0.15, -0.1) is 0 Å². The number of hydrogen-bond acceptors (Lipinski definition) is 2. The Kier molecular flexibility index (Phi) is 4.78. The first-order valence-corrected chi connectivity index (χ1v) is 8.83. The zero-order valence-electron chi connectivity index (χ0n) is 14.7. The third kappa shape index (κ3) is 3.55. The van der Waals surface area contributed by atoms with Crippen molar-refractivity contribution < 1.29 is 9.59 Å². The van der Waals surface area contributed by atoms with E-state index in [-0.39, 0.29) is 18.0 Å². The smallest absolute Gasteiger partial charge is 0.319 e. The zero-order valence-corrected chi connectivity index (χ0v) is 14.7. The zero-order chi connectivity index (χ0) is 17.3. The Labute approximate surface area is 143 Å². The number of anilines is 1. The van der Waals surface area contributed by atoms with Gasteiger partial charge in [0.1, 0.15) is 0 Å². The number of carbonyl (C=O) groups excluding carboxylic acids is 2. The van der Waals surface area contributed by atoms with Crippen LogP contribution < -0.4 is 10.6 Å². The summed E-state index contributed by atoms with van der Waals surface area (Å²) in [4.78, 5) is 25.8. The van der Waals surface area contributed by atoms with Gasteiger partial charge in [0.2, 0.25) is 0 Å². The highest BCUT2D eigenvalue weighted by Gasteiger charge is 2.42. The van der Waals surface area contributed by atoms with Crippen LogP contribution in [0.15, 0.2) is 24.3 Å². The standard InChI is InChI=1S/C19H27N3O2/c1-12(17-10-13-7-8-14(17)9-13)20-19(24)21-16-6-4-5-15(11-16)18(23)22(2)3/h4-6,11-14,17H,7-10H2,1-3H3,(H2,20,21,24)/t12-,13-,14-,17-/m1/s1. The molecule has 24 heavy (non-hydrogen) atoms. The van der Waals surface area contributed by atoms with Crippen molar-refractivity contribution in [1.82, 2.24) is 10.2 Å². The van der Waals surface area contributed by atoms with Crippen LogP contribution in [0.4, 0.5) is 10.5 Å². The van der Waals surface area contributed by atoms with Crippen molar-refractivity contribution in [1.29, 1.82) is 0 Å². The van der Waals surface area contributed by atoms with E-state index in [9.17, 15) is 9.59 Å². The number of carbonyl (C=O) groups is 2. The normalized spacial score (nSPS) is 26.0. The number of nitrogens with zero attached hydrogens (tertiary/aromatic N) is 1. The molecule has 0 saturated heterocycles. The molecule has 130 valence electrons. The fourth-order valence-electron chi connectivity index (χ4n) is 4.38. The molecule has 4 atom stereocenters. The molecule has 2 aliphatic rings. The SMILES string of the molecule is C[C@@H](NC(=O)Nc1cccc(C(=O)N(C)C)c1)[C@H]1C[C@@H]2CC[C@@H]1C2. The Morgan fingerprint density at radius 3 is 2.62 bits per heavy atom. The summed E-state index contributed by atoms with van der Waals surface area (Å²) in [5.41, 5.74) is 1.21. The molecule has 1 aromatic carbocycles. The van der Waals surface area contributed by atoms with E-state index in [1.54, 1.807) is 38.4 Å². The number of fused-ring (bicyclic) bond motifs is 2. The molecule has 3 amide bonds. The predicted octanol–water partition coefficient (Wildman–Crippen LogP) is 3.33. The van der Waals surface area contributed by atoms with Gasteiger partial charge in [-0.3, -0.25) is 4.79 Å². The van der Waals surface area contributed by atoms with Gasteiger partial charge in [-0.25, -0.2) is 4.79 Å². The molecule has 2 saturated carbocycles. The van der Waals surface area contributed by atoms with E-state index in [0.717, 1.165) is 11.8 Å². The molecule has 0 spiro atoms. The van der Waals surface area contributed by atoms with Crippen molar-refractivity contribution in [2.75, 3.05) is 19.4 Å². The van der Waals surface area contributed by atoms with E-state index in [0.29, 0.717) is 17.2 Å². The lowest BCUT2D eigenvalue weighted by molar-refractivity contribution is 0.0827. The first kappa shape index (κ1) is 16.8. The van der Waals surface area contributed by atoms with Crippen LogP contribution in [-0.4, -0.2) is 37.0 Å². The van der Waals surface area contributed by atoms with E-state index in [4.69, 9.17) is 0 Å². The molecular formula is C19H27N3O2. The highest BCUT2D eigenvalue weighted by Crippen LogP contribution is 2.49. The van der Waals surface area contributed by atoms with Crippen LogP contribution in [-0.2, 0) is 0 Å². The van der Waals surface area contributed by atoms with Crippen LogP contribution in [0.3, 0.4) is 0 Å². The molecule has 0 aromatic heterocycles. The van der Waals surface area contributed by atoms with Crippen molar-refractivity contribution in [2.24, 2.45) is 17.8 Å². The second kappa shape index (κ2) is 6.83. The van der Waals surface area contributed by atoms with Gasteiger partial charge in [0.25, 0.3) is 5.91 Å². The Morgan fingerprint density at radius 2 is 2.00 bits per heavy atom. The fourth-order valence-corrected chi connectivity index (χ4v) is 4.38. The predicted molar refractivity (Wildman–Crippen MR) is 95.0 cm³/mol. The van der Waals surface area contributed by atoms with Gasteiger partial charge in [-0.05, 0) is 62.1 Å². The first-order valence-electron chi connectivity index (χ1n) is 8.83. The quantitative estimate of drug-likeness (QED) is 0.890. The van der Waals surface area contributed by atoms with Crippen LogP contribution in [0.1, 0.15) is 43.0 Å². The van der Waals surface area contributed by atoms with Crippen molar-refractivity contribution in [3.8, 4) is 0 Å². The highest BCUT2D eigenvalue weighted by molar-refractivity contribution is 5.96. The average molecular weight is 329 g/mol. The maximum Gasteiger partial charge on any atom is 0.319 e. The lowest BCUT2D eigenvalue weighted by Crippen LogP contribution is -2.42. The summed E-state index contributed by atoms with van der Waals surface area (Å²) < 4.78 is 0. The van der Waals surface area contributed by atoms with Crippen molar-refractivity contribution in [2.45, 2.75) is 38.6 Å². The summed E-state index contributed by atoms with van der Waals surface area (Å²) in [6.45, 7) is 2.11. The van der Waals surface area contributed by atoms with Gasteiger partial charge >= 0.3 is 6.03 Å². The van der Waals surface area contributed by atoms with Gasteiger partial charge in [-0.1, -0.05) is 12.5 Å². The minimum Gasteiger partial charge on any atom is -0.345 e. The number of benzene rings is 1. The molecule has 0 aliphatic heterocycles. The van der Waals surface area contributed by atoms with E-state index in [2.05, 4.69) is 17.6 Å². The Balaban J connectivity index is 1.57. The minimum atomic E-state index is -0.195. The minimum absolute atomic E-state index is 0.0746. The monoisotopic (exact) mass is 329 g/mol. The van der Waals surface area contributed by atoms with Crippen LogP contribution in [0.5, 0.6) is 0 Å². The molecule has 2 N–H and O–H groups in total. The van der Waals surface area contributed by atoms with Gasteiger partial charge in [0, 0.05) is 31.4 Å². The second-order valence-electron chi connectivity index (χ2n) is 7.51. The Hall–Kier alpha value is -2.04. The number of urea groups is 1. The molecule has 0 radical (unpaired) electrons. The number of rotatable bonds is 4. The summed E-state index contributed by atoms with van der Waals surface area (Å²) in [6, 6.07) is 7.04. The molecule has 0 heterocycles. The van der Waals surface area contributed by atoms with E-state index < -0.39 is 0 Å². The largest absolute Gasteiger partial charge is 0.345 e. The van der Waals surface area contributed by atoms with E-state index in [1.807, 2.05) is 0 Å². The number of nitrogens with one attached hydrogen (secondary N) is 2.